The van der Waals surface area contributed by atoms with Crippen LogP contribution in [0, 0.1) is 0 Å². The maximum atomic E-state index is 12.8. The summed E-state index contributed by atoms with van der Waals surface area (Å²) in [4.78, 5) is 26.0. The van der Waals surface area contributed by atoms with Gasteiger partial charge in [-0.15, -0.1) is 0 Å². The molecule has 2 aromatic carbocycles. The van der Waals surface area contributed by atoms with Crippen molar-refractivity contribution in [2.24, 2.45) is 0 Å². The molecule has 1 amide bonds. The van der Waals surface area contributed by atoms with Crippen LogP contribution in [0.1, 0.15) is 17.5 Å². The molecule has 0 bridgehead atoms. The van der Waals surface area contributed by atoms with Crippen molar-refractivity contribution in [3.63, 3.8) is 0 Å². The van der Waals surface area contributed by atoms with Gasteiger partial charge in [0.25, 0.3) is 0 Å². The Morgan fingerprint density at radius 3 is 1.81 bits per heavy atom. The average molecular weight is 371 g/mol. The van der Waals surface area contributed by atoms with Crippen molar-refractivity contribution < 1.29 is 23.8 Å². The fraction of sp³-hybridized carbons (Fsp3) is 0.333. The number of nitrogens with zero attached hydrogens (tertiary/aromatic N) is 1. The van der Waals surface area contributed by atoms with Crippen LogP contribution < -0.4 is 9.47 Å². The monoisotopic (exact) mass is 371 g/mol. The summed E-state index contributed by atoms with van der Waals surface area (Å²) in [6.07, 6.45) is 0.405. The first kappa shape index (κ1) is 20.3. The number of hydrogen-bond acceptors (Lipinski definition) is 5. The van der Waals surface area contributed by atoms with Crippen LogP contribution >= 0.6 is 0 Å². The third-order valence-corrected chi connectivity index (χ3v) is 4.21. The van der Waals surface area contributed by atoms with Gasteiger partial charge in [0.1, 0.15) is 11.5 Å². The summed E-state index contributed by atoms with van der Waals surface area (Å²) in [6, 6.07) is 14.9. The molecule has 0 saturated heterocycles. The van der Waals surface area contributed by atoms with Crippen LogP contribution in [-0.2, 0) is 27.3 Å². The summed E-state index contributed by atoms with van der Waals surface area (Å²) in [5.41, 5.74) is 1.85. The van der Waals surface area contributed by atoms with Gasteiger partial charge < -0.3 is 19.1 Å². The highest BCUT2D eigenvalue weighted by Crippen LogP contribution is 2.16. The van der Waals surface area contributed by atoms with Crippen molar-refractivity contribution in [2.75, 3.05) is 27.9 Å². The molecule has 0 fully saturated rings. The largest absolute Gasteiger partial charge is 0.497 e. The molecule has 0 heterocycles. The summed E-state index contributed by atoms with van der Waals surface area (Å²) < 4.78 is 15.0. The Bertz CT molecular complexity index is 740. The first-order valence-electron chi connectivity index (χ1n) is 8.66. The third-order valence-electron chi connectivity index (χ3n) is 4.21. The van der Waals surface area contributed by atoms with Gasteiger partial charge >= 0.3 is 5.97 Å². The Kier molecular flexibility index (Phi) is 7.67. The van der Waals surface area contributed by atoms with E-state index < -0.39 is 0 Å². The van der Waals surface area contributed by atoms with E-state index in [2.05, 4.69) is 0 Å². The molecule has 0 aromatic heterocycles. The molecule has 0 spiro atoms. The molecule has 6 heteroatoms. The Morgan fingerprint density at radius 1 is 0.815 bits per heavy atom. The van der Waals surface area contributed by atoms with Gasteiger partial charge in [0.15, 0.2) is 0 Å². The van der Waals surface area contributed by atoms with Crippen LogP contribution in [0.15, 0.2) is 48.5 Å². The molecule has 0 aliphatic carbocycles. The lowest BCUT2D eigenvalue weighted by Crippen LogP contribution is -2.34. The van der Waals surface area contributed by atoms with Crippen molar-refractivity contribution in [1.29, 1.82) is 0 Å². The average Bonchev–Trinajstić information content (AvgIpc) is 2.71. The number of rotatable bonds is 9. The van der Waals surface area contributed by atoms with Gasteiger partial charge in [-0.2, -0.15) is 0 Å². The van der Waals surface area contributed by atoms with E-state index in [0.717, 1.165) is 22.6 Å². The number of ether oxygens (including phenoxy) is 3. The zero-order valence-electron chi connectivity index (χ0n) is 15.9. The normalized spacial score (nSPS) is 10.2. The molecule has 27 heavy (non-hydrogen) atoms. The van der Waals surface area contributed by atoms with E-state index >= 15 is 0 Å². The first-order chi connectivity index (χ1) is 13.0. The number of benzene rings is 2. The van der Waals surface area contributed by atoms with Crippen molar-refractivity contribution in [1.82, 2.24) is 4.90 Å². The predicted octanol–water partition coefficient (Wildman–Crippen LogP) is 2.84. The van der Waals surface area contributed by atoms with Gasteiger partial charge in [-0.05, 0) is 35.4 Å². The lowest BCUT2D eigenvalue weighted by molar-refractivity contribution is -0.141. The molecular weight excluding hydrogens is 346 g/mol. The van der Waals surface area contributed by atoms with Gasteiger partial charge in [0, 0.05) is 13.1 Å². The van der Waals surface area contributed by atoms with Crippen LogP contribution in [0.5, 0.6) is 11.5 Å². The van der Waals surface area contributed by atoms with E-state index in [4.69, 9.17) is 14.2 Å². The minimum absolute atomic E-state index is 0.0557. The van der Waals surface area contributed by atoms with E-state index in [-0.39, 0.29) is 24.7 Å². The minimum atomic E-state index is -0.341. The molecule has 0 N–H and O–H groups in total. The summed E-state index contributed by atoms with van der Waals surface area (Å²) >= 11 is 0. The SMILES string of the molecule is COC(=O)CCN(Cc1ccc(OC)cc1)C(=O)Cc1ccc(OC)cc1. The highest BCUT2D eigenvalue weighted by Gasteiger charge is 2.16. The maximum Gasteiger partial charge on any atom is 0.307 e. The molecule has 0 atom stereocenters. The summed E-state index contributed by atoms with van der Waals surface area (Å²) in [7, 11) is 4.55. The van der Waals surface area contributed by atoms with E-state index in [1.807, 2.05) is 48.5 Å². The van der Waals surface area contributed by atoms with Gasteiger partial charge in [0.05, 0.1) is 34.2 Å². The summed E-state index contributed by atoms with van der Waals surface area (Å²) in [5.74, 6) is 1.10. The zero-order valence-corrected chi connectivity index (χ0v) is 15.9. The molecule has 0 aliphatic rings. The Balaban J connectivity index is 2.08. The summed E-state index contributed by atoms with van der Waals surface area (Å²) in [5, 5.41) is 0. The van der Waals surface area contributed by atoms with Crippen LogP contribution in [0.3, 0.4) is 0 Å². The van der Waals surface area contributed by atoms with Gasteiger partial charge in [-0.1, -0.05) is 24.3 Å². The number of carbonyl (C=O) groups is 2. The topological polar surface area (TPSA) is 65.1 Å². The van der Waals surface area contributed by atoms with Gasteiger partial charge in [0.2, 0.25) is 5.91 Å². The zero-order chi connectivity index (χ0) is 19.6. The summed E-state index contributed by atoms with van der Waals surface area (Å²) in [6.45, 7) is 0.712. The quantitative estimate of drug-likeness (QED) is 0.634. The highest BCUT2D eigenvalue weighted by molar-refractivity contribution is 5.79. The second-order valence-electron chi connectivity index (χ2n) is 6.01. The van der Waals surface area contributed by atoms with Crippen LogP contribution in [0.2, 0.25) is 0 Å². The van der Waals surface area contributed by atoms with Crippen molar-refractivity contribution >= 4 is 11.9 Å². The van der Waals surface area contributed by atoms with Crippen molar-refractivity contribution in [2.45, 2.75) is 19.4 Å². The van der Waals surface area contributed by atoms with Crippen LogP contribution in [-0.4, -0.2) is 44.7 Å². The fourth-order valence-corrected chi connectivity index (χ4v) is 2.60. The molecule has 144 valence electrons. The number of hydrogen-bond donors (Lipinski definition) is 0. The molecular formula is C21H25NO5. The number of amides is 1. The van der Waals surface area contributed by atoms with Crippen molar-refractivity contribution in [3.8, 4) is 11.5 Å². The smallest absolute Gasteiger partial charge is 0.307 e. The van der Waals surface area contributed by atoms with E-state index in [1.54, 1.807) is 19.1 Å². The molecule has 0 saturated carbocycles. The van der Waals surface area contributed by atoms with Crippen molar-refractivity contribution in [3.05, 3.63) is 59.7 Å². The molecule has 0 radical (unpaired) electrons. The lowest BCUT2D eigenvalue weighted by atomic mass is 10.1. The molecule has 2 aromatic rings. The van der Waals surface area contributed by atoms with Gasteiger partial charge in [-0.25, -0.2) is 0 Å². The van der Waals surface area contributed by atoms with E-state index in [1.165, 1.54) is 7.11 Å². The Hall–Kier alpha value is -3.02. The number of carbonyl (C=O) groups excluding carboxylic acids is 2. The first-order valence-corrected chi connectivity index (χ1v) is 8.66. The number of methoxy groups -OCH3 is 3. The lowest BCUT2D eigenvalue weighted by Gasteiger charge is -2.23. The van der Waals surface area contributed by atoms with Gasteiger partial charge in [-0.3, -0.25) is 9.59 Å². The highest BCUT2D eigenvalue weighted by atomic mass is 16.5. The van der Waals surface area contributed by atoms with Crippen LogP contribution in [0.25, 0.3) is 0 Å². The standard InChI is InChI=1S/C21H25NO5/c1-25-18-8-4-16(5-9-18)14-20(23)22(13-12-21(24)27-3)15-17-6-10-19(26-2)11-7-17/h4-11H,12-15H2,1-3H3. The molecule has 6 nitrogen and oxygen atoms in total. The fourth-order valence-electron chi connectivity index (χ4n) is 2.60. The number of esters is 1. The van der Waals surface area contributed by atoms with Crippen LogP contribution in [0.4, 0.5) is 0 Å². The maximum absolute atomic E-state index is 12.8. The Labute approximate surface area is 159 Å². The van der Waals surface area contributed by atoms with E-state index in [9.17, 15) is 9.59 Å². The third kappa shape index (κ3) is 6.33. The molecule has 0 unspecified atom stereocenters. The second-order valence-corrected chi connectivity index (χ2v) is 6.01. The molecule has 0 aliphatic heterocycles. The Morgan fingerprint density at radius 2 is 1.33 bits per heavy atom. The van der Waals surface area contributed by atoms with E-state index in [0.29, 0.717) is 13.1 Å². The predicted molar refractivity (Wildman–Crippen MR) is 102 cm³/mol. The minimum Gasteiger partial charge on any atom is -0.497 e. The molecule has 2 rings (SSSR count). The second kappa shape index (κ2) is 10.2.